The van der Waals surface area contributed by atoms with Gasteiger partial charge in [0.1, 0.15) is 11.0 Å². The highest BCUT2D eigenvalue weighted by Crippen LogP contribution is 2.27. The third-order valence-corrected chi connectivity index (χ3v) is 2.17. The third kappa shape index (κ3) is 0.968. The van der Waals surface area contributed by atoms with E-state index in [-0.39, 0.29) is 0 Å². The molecule has 1 heterocycles. The summed E-state index contributed by atoms with van der Waals surface area (Å²) in [5, 5.41) is 11.1. The van der Waals surface area contributed by atoms with Crippen molar-refractivity contribution in [3.63, 3.8) is 0 Å². The molecule has 56 valence electrons. The molecule has 2 rings (SSSR count). The second-order valence-electron chi connectivity index (χ2n) is 2.05. The minimum Gasteiger partial charge on any atom is -0.197 e. The highest BCUT2D eigenvalue weighted by molar-refractivity contribution is 6.44. The molecule has 1 aromatic carbocycles. The molecule has 0 saturated carbocycles. The Balaban J connectivity index is 2.93. The van der Waals surface area contributed by atoms with Gasteiger partial charge in [-0.3, -0.25) is 0 Å². The van der Waals surface area contributed by atoms with E-state index in [4.69, 9.17) is 23.2 Å². The third-order valence-electron chi connectivity index (χ3n) is 1.38. The van der Waals surface area contributed by atoms with E-state index in [0.717, 1.165) is 5.52 Å². The fraction of sp³-hybridized carbons (Fsp3) is 0. The number of benzene rings is 1. The fourth-order valence-corrected chi connectivity index (χ4v) is 1.21. The number of hydrogen-bond acceptors (Lipinski definition) is 2. The van der Waals surface area contributed by atoms with E-state index in [9.17, 15) is 0 Å². The molecule has 0 aliphatic heterocycles. The Bertz CT molecular complexity index is 396. The number of H-pyrrole nitrogens is 1. The molecule has 1 N–H and O–H groups in total. The molecular weight excluding hydrogens is 185 g/mol. The maximum absolute atomic E-state index is 5.81. The highest BCUT2D eigenvalue weighted by Gasteiger charge is 2.05. The van der Waals surface area contributed by atoms with Crippen LogP contribution in [-0.2, 0) is 0 Å². The van der Waals surface area contributed by atoms with Gasteiger partial charge in [-0.2, -0.15) is 15.4 Å². The van der Waals surface area contributed by atoms with Gasteiger partial charge in [-0.25, -0.2) is 0 Å². The predicted octanol–water partition coefficient (Wildman–Crippen LogP) is 2.26. The summed E-state index contributed by atoms with van der Waals surface area (Å²) in [5.41, 5.74) is 1.33. The lowest BCUT2D eigenvalue weighted by molar-refractivity contribution is 0.959. The second kappa shape index (κ2) is 2.36. The van der Waals surface area contributed by atoms with E-state index in [1.54, 1.807) is 12.1 Å². The van der Waals surface area contributed by atoms with Crippen molar-refractivity contribution >= 4 is 34.2 Å². The Kier molecular flexibility index (Phi) is 1.47. The van der Waals surface area contributed by atoms with Gasteiger partial charge in [0.05, 0.1) is 10.0 Å². The lowest BCUT2D eigenvalue weighted by atomic mass is 10.3. The molecule has 2 aromatic rings. The molecule has 0 unspecified atom stereocenters. The van der Waals surface area contributed by atoms with E-state index in [2.05, 4.69) is 15.4 Å². The molecule has 0 amide bonds. The Labute approximate surface area is 72.3 Å². The molecule has 0 saturated heterocycles. The first-order chi connectivity index (χ1) is 5.29. The molecule has 0 bridgehead atoms. The summed E-state index contributed by atoms with van der Waals surface area (Å²) in [5.74, 6) is 0. The molecule has 0 aliphatic carbocycles. The van der Waals surface area contributed by atoms with E-state index in [1.807, 2.05) is 0 Å². The normalized spacial score (nSPS) is 10.7. The molecule has 1 aromatic heterocycles. The number of fused-ring (bicyclic) bond motifs is 1. The van der Waals surface area contributed by atoms with Gasteiger partial charge in [0, 0.05) is 0 Å². The molecule has 0 radical (unpaired) electrons. The summed E-state index contributed by atoms with van der Waals surface area (Å²) in [4.78, 5) is 0. The molecule has 0 aliphatic rings. The summed E-state index contributed by atoms with van der Waals surface area (Å²) in [7, 11) is 0. The minimum absolute atomic E-state index is 0.443. The zero-order valence-electron chi connectivity index (χ0n) is 5.31. The zero-order valence-corrected chi connectivity index (χ0v) is 6.82. The van der Waals surface area contributed by atoms with Crippen LogP contribution in [0.5, 0.6) is 0 Å². The van der Waals surface area contributed by atoms with E-state index < -0.39 is 0 Å². The quantitative estimate of drug-likeness (QED) is 0.688. The number of aromatic amines is 1. The number of nitrogens with one attached hydrogen (secondary N) is 1. The molecule has 5 heteroatoms. The van der Waals surface area contributed by atoms with Crippen molar-refractivity contribution < 1.29 is 0 Å². The van der Waals surface area contributed by atoms with Crippen LogP contribution in [0, 0.1) is 0 Å². The van der Waals surface area contributed by atoms with Crippen molar-refractivity contribution in [3.8, 4) is 0 Å². The van der Waals surface area contributed by atoms with Crippen LogP contribution in [0.1, 0.15) is 0 Å². The van der Waals surface area contributed by atoms with Gasteiger partial charge in [-0.05, 0) is 12.1 Å². The SMILES string of the molecule is Clc1ccc2n[nH]nc2c1Cl. The van der Waals surface area contributed by atoms with E-state index in [1.165, 1.54) is 0 Å². The second-order valence-corrected chi connectivity index (χ2v) is 2.84. The molecular formula is C6H3Cl2N3. The number of hydrogen-bond donors (Lipinski definition) is 1. The molecule has 11 heavy (non-hydrogen) atoms. The number of rotatable bonds is 0. The number of nitrogens with zero attached hydrogens (tertiary/aromatic N) is 2. The first-order valence-electron chi connectivity index (χ1n) is 2.93. The molecule has 0 fully saturated rings. The molecule has 0 atom stereocenters. The van der Waals surface area contributed by atoms with Gasteiger partial charge in [-0.15, -0.1) is 0 Å². The maximum Gasteiger partial charge on any atom is 0.133 e. The minimum atomic E-state index is 0.443. The van der Waals surface area contributed by atoms with Crippen molar-refractivity contribution in [1.29, 1.82) is 0 Å². The van der Waals surface area contributed by atoms with Gasteiger partial charge in [0.2, 0.25) is 0 Å². The van der Waals surface area contributed by atoms with Gasteiger partial charge >= 0.3 is 0 Å². The van der Waals surface area contributed by atoms with Crippen molar-refractivity contribution in [2.45, 2.75) is 0 Å². The van der Waals surface area contributed by atoms with Crippen molar-refractivity contribution in [1.82, 2.24) is 15.4 Å². The van der Waals surface area contributed by atoms with Crippen LogP contribution in [0.25, 0.3) is 11.0 Å². The summed E-state index contributed by atoms with van der Waals surface area (Å²) in [6.07, 6.45) is 0. The average Bonchev–Trinajstić information content (AvgIpc) is 2.45. The lowest BCUT2D eigenvalue weighted by Gasteiger charge is -1.92. The first kappa shape index (κ1) is 6.88. The summed E-state index contributed by atoms with van der Waals surface area (Å²) in [6.45, 7) is 0. The van der Waals surface area contributed by atoms with Crippen LogP contribution in [0.4, 0.5) is 0 Å². The molecule has 3 nitrogen and oxygen atoms in total. The smallest absolute Gasteiger partial charge is 0.133 e. The Hall–Kier alpha value is -0.800. The maximum atomic E-state index is 5.81. The largest absolute Gasteiger partial charge is 0.197 e. The van der Waals surface area contributed by atoms with Crippen molar-refractivity contribution in [2.24, 2.45) is 0 Å². The van der Waals surface area contributed by atoms with Crippen LogP contribution >= 0.6 is 23.2 Å². The van der Waals surface area contributed by atoms with Crippen LogP contribution in [0.15, 0.2) is 12.1 Å². The van der Waals surface area contributed by atoms with E-state index in [0.29, 0.717) is 15.6 Å². The van der Waals surface area contributed by atoms with E-state index >= 15 is 0 Å². The van der Waals surface area contributed by atoms with Crippen LogP contribution in [0.3, 0.4) is 0 Å². The standard InChI is InChI=1S/C6H3Cl2N3/c7-3-1-2-4-6(5(3)8)10-11-9-4/h1-2H,(H,9,10,11). The highest BCUT2D eigenvalue weighted by atomic mass is 35.5. The molecule has 0 spiro atoms. The zero-order chi connectivity index (χ0) is 7.84. The summed E-state index contributed by atoms with van der Waals surface area (Å²) < 4.78 is 0. The number of halogens is 2. The predicted molar refractivity (Wildman–Crippen MR) is 43.9 cm³/mol. The Morgan fingerprint density at radius 2 is 2.00 bits per heavy atom. The summed E-state index contributed by atoms with van der Waals surface area (Å²) >= 11 is 11.5. The first-order valence-corrected chi connectivity index (χ1v) is 3.69. The van der Waals surface area contributed by atoms with Gasteiger partial charge in [0.15, 0.2) is 0 Å². The van der Waals surface area contributed by atoms with Gasteiger partial charge in [0.25, 0.3) is 0 Å². The Morgan fingerprint density at radius 3 is 2.82 bits per heavy atom. The van der Waals surface area contributed by atoms with Crippen LogP contribution < -0.4 is 0 Å². The van der Waals surface area contributed by atoms with Crippen LogP contribution in [0.2, 0.25) is 10.0 Å². The number of aromatic nitrogens is 3. The monoisotopic (exact) mass is 187 g/mol. The topological polar surface area (TPSA) is 41.6 Å². The van der Waals surface area contributed by atoms with Crippen molar-refractivity contribution in [2.75, 3.05) is 0 Å². The lowest BCUT2D eigenvalue weighted by Crippen LogP contribution is -1.72. The van der Waals surface area contributed by atoms with Crippen LogP contribution in [-0.4, -0.2) is 15.4 Å². The van der Waals surface area contributed by atoms with Gasteiger partial charge < -0.3 is 0 Å². The van der Waals surface area contributed by atoms with Crippen molar-refractivity contribution in [3.05, 3.63) is 22.2 Å². The van der Waals surface area contributed by atoms with Gasteiger partial charge in [-0.1, -0.05) is 23.2 Å². The average molecular weight is 188 g/mol. The fourth-order valence-electron chi connectivity index (χ4n) is 0.855. The summed E-state index contributed by atoms with van der Waals surface area (Å²) in [6, 6.07) is 3.45. The Morgan fingerprint density at radius 1 is 1.18 bits per heavy atom.